The summed E-state index contributed by atoms with van der Waals surface area (Å²) in [6.07, 6.45) is 72.2. The molecule has 1 N–H and O–H groups in total. The minimum atomic E-state index is -4.39. The molecule has 0 heterocycles. The number of allylic oxidation sites excluding steroid dienone is 14. The second-order valence-electron chi connectivity index (χ2n) is 21.0. The SMILES string of the molecule is CC/C=C\C/C=C\C/C=C\C/C=C\C/C=C\CCCCCCCCCCCCCCCCCC(=O)OC(COC(=O)CCCCCCCCC/C=C\C/C=C\CCCCCC)COP(=O)(O)OCC[N+](C)(C)C. The summed E-state index contributed by atoms with van der Waals surface area (Å²) < 4.78 is 34.6. The van der Waals surface area contributed by atoms with E-state index in [0.29, 0.717) is 17.4 Å². The Morgan fingerprint density at radius 2 is 0.781 bits per heavy atom. The van der Waals surface area contributed by atoms with Crippen molar-refractivity contribution in [1.29, 1.82) is 0 Å². The lowest BCUT2D eigenvalue weighted by atomic mass is 10.0. The summed E-state index contributed by atoms with van der Waals surface area (Å²) >= 11 is 0. The molecule has 2 atom stereocenters. The topological polar surface area (TPSA) is 108 Å². The first-order valence-corrected chi connectivity index (χ1v) is 31.3. The van der Waals surface area contributed by atoms with Crippen LogP contribution in [0.15, 0.2) is 85.1 Å². The maximum atomic E-state index is 12.8. The number of likely N-dealkylation sites (N-methyl/N-ethyl adjacent to an activating group) is 1. The number of quaternary nitrogens is 1. The van der Waals surface area contributed by atoms with Crippen LogP contribution in [0.25, 0.3) is 0 Å². The molecule has 0 saturated carbocycles. The second-order valence-corrected chi connectivity index (χ2v) is 22.5. The van der Waals surface area contributed by atoms with E-state index < -0.39 is 26.5 Å². The standard InChI is InChI=1S/C63H112NO8P/c1-6-8-10-12-14-16-18-20-22-24-26-27-28-29-30-31-32-33-34-35-36-37-38-40-42-44-46-48-50-52-54-56-63(66)72-61(60-71-73(67,68)70-58-57-64(3,4)5)59-69-62(65)55-53-51-49-47-45-43-41-39-25-23-21-19-17-15-13-11-9-7-2/h8,10,14,16-17,19-20,22-23,25-27,29-30,61H,6-7,9,11-13,15,18,21,24,28,31-60H2,1-5H3/p+1/b10-8-,16-14-,19-17-,22-20-,25-23-,27-26-,30-29-. The molecular weight excluding hydrogens is 930 g/mol. The minimum Gasteiger partial charge on any atom is -0.462 e. The van der Waals surface area contributed by atoms with Gasteiger partial charge < -0.3 is 18.9 Å². The lowest BCUT2D eigenvalue weighted by Gasteiger charge is -2.24. The number of hydrogen-bond acceptors (Lipinski definition) is 7. The Labute approximate surface area is 450 Å². The Morgan fingerprint density at radius 1 is 0.438 bits per heavy atom. The van der Waals surface area contributed by atoms with Gasteiger partial charge in [-0.05, 0) is 89.9 Å². The summed E-state index contributed by atoms with van der Waals surface area (Å²) in [5, 5.41) is 0. The van der Waals surface area contributed by atoms with Gasteiger partial charge in [-0.2, -0.15) is 0 Å². The molecule has 0 aliphatic heterocycles. The zero-order valence-corrected chi connectivity index (χ0v) is 48.7. The molecule has 0 aromatic heterocycles. The van der Waals surface area contributed by atoms with Crippen molar-refractivity contribution in [2.24, 2.45) is 0 Å². The first-order chi connectivity index (χ1) is 35.5. The fourth-order valence-electron chi connectivity index (χ4n) is 8.07. The maximum absolute atomic E-state index is 12.8. The van der Waals surface area contributed by atoms with Crippen molar-refractivity contribution in [2.45, 2.75) is 258 Å². The van der Waals surface area contributed by atoms with Crippen LogP contribution in [0.4, 0.5) is 0 Å². The highest BCUT2D eigenvalue weighted by Crippen LogP contribution is 2.43. The van der Waals surface area contributed by atoms with E-state index in [1.54, 1.807) is 0 Å². The molecule has 0 aliphatic rings. The summed E-state index contributed by atoms with van der Waals surface area (Å²) in [4.78, 5) is 35.7. The predicted molar refractivity (Wildman–Crippen MR) is 312 cm³/mol. The van der Waals surface area contributed by atoms with Gasteiger partial charge in [0.2, 0.25) is 0 Å². The summed E-state index contributed by atoms with van der Waals surface area (Å²) in [6.45, 7) is 4.31. The van der Waals surface area contributed by atoms with E-state index in [1.165, 1.54) is 128 Å². The normalized spacial score (nSPS) is 13.9. The van der Waals surface area contributed by atoms with Gasteiger partial charge in [0.25, 0.3) is 0 Å². The highest BCUT2D eigenvalue weighted by atomic mass is 31.2. The monoisotopic (exact) mass is 1040 g/mol. The average molecular weight is 1040 g/mol. The Bertz CT molecular complexity index is 1510. The highest BCUT2D eigenvalue weighted by Gasteiger charge is 2.27. The first kappa shape index (κ1) is 70.2. The number of nitrogens with zero attached hydrogens (tertiary/aromatic N) is 1. The van der Waals surface area contributed by atoms with Gasteiger partial charge in [0.05, 0.1) is 27.7 Å². The Balaban J connectivity index is 4.12. The van der Waals surface area contributed by atoms with Crippen LogP contribution in [-0.2, 0) is 32.7 Å². The van der Waals surface area contributed by atoms with Crippen LogP contribution in [0.1, 0.15) is 251 Å². The molecule has 10 heteroatoms. The highest BCUT2D eigenvalue weighted by molar-refractivity contribution is 7.47. The molecule has 0 aromatic carbocycles. The van der Waals surface area contributed by atoms with Crippen molar-refractivity contribution in [3.63, 3.8) is 0 Å². The number of unbranched alkanes of at least 4 members (excludes halogenated alkanes) is 26. The van der Waals surface area contributed by atoms with Crippen molar-refractivity contribution in [3.8, 4) is 0 Å². The summed E-state index contributed by atoms with van der Waals surface area (Å²) in [6, 6.07) is 0. The molecule has 0 aromatic rings. The fraction of sp³-hybridized carbons (Fsp3) is 0.746. The molecule has 0 amide bonds. The number of carbonyl (C=O) groups excluding carboxylic acids is 2. The second kappa shape index (κ2) is 54.0. The average Bonchev–Trinajstić information content (AvgIpc) is 3.35. The van der Waals surface area contributed by atoms with Gasteiger partial charge in [-0.15, -0.1) is 0 Å². The summed E-state index contributed by atoms with van der Waals surface area (Å²) in [5.41, 5.74) is 0. The molecule has 2 unspecified atom stereocenters. The van der Waals surface area contributed by atoms with E-state index in [2.05, 4.69) is 98.9 Å². The van der Waals surface area contributed by atoms with E-state index in [9.17, 15) is 19.0 Å². The van der Waals surface area contributed by atoms with Gasteiger partial charge in [-0.1, -0.05) is 234 Å². The van der Waals surface area contributed by atoms with Crippen molar-refractivity contribution >= 4 is 19.8 Å². The van der Waals surface area contributed by atoms with E-state index in [-0.39, 0.29) is 32.0 Å². The van der Waals surface area contributed by atoms with Crippen LogP contribution < -0.4 is 0 Å². The van der Waals surface area contributed by atoms with E-state index in [1.807, 2.05) is 21.1 Å². The number of carbonyl (C=O) groups is 2. The zero-order chi connectivity index (χ0) is 53.5. The third-order valence-corrected chi connectivity index (χ3v) is 13.6. The quantitative estimate of drug-likeness (QED) is 0.0211. The van der Waals surface area contributed by atoms with Gasteiger partial charge >= 0.3 is 19.8 Å². The molecular formula is C63H113NO8P+. The third kappa shape index (κ3) is 58.3. The van der Waals surface area contributed by atoms with Gasteiger partial charge in [0.1, 0.15) is 19.8 Å². The lowest BCUT2D eigenvalue weighted by molar-refractivity contribution is -0.870. The van der Waals surface area contributed by atoms with Crippen LogP contribution in [0.2, 0.25) is 0 Å². The van der Waals surface area contributed by atoms with Crippen LogP contribution in [0.3, 0.4) is 0 Å². The predicted octanol–water partition coefficient (Wildman–Crippen LogP) is 18.6. The van der Waals surface area contributed by atoms with E-state index in [0.717, 1.165) is 89.9 Å². The van der Waals surface area contributed by atoms with Crippen molar-refractivity contribution in [2.75, 3.05) is 47.5 Å². The molecule has 0 bridgehead atoms. The largest absolute Gasteiger partial charge is 0.472 e. The summed E-state index contributed by atoms with van der Waals surface area (Å²) in [5.74, 6) is -0.804. The molecule has 73 heavy (non-hydrogen) atoms. The van der Waals surface area contributed by atoms with Crippen LogP contribution in [-0.4, -0.2) is 74.9 Å². The molecule has 0 rings (SSSR count). The smallest absolute Gasteiger partial charge is 0.462 e. The van der Waals surface area contributed by atoms with Crippen LogP contribution in [0, 0.1) is 0 Å². The van der Waals surface area contributed by atoms with E-state index >= 15 is 0 Å². The van der Waals surface area contributed by atoms with Crippen LogP contribution in [0.5, 0.6) is 0 Å². The number of rotatable bonds is 54. The maximum Gasteiger partial charge on any atom is 0.472 e. The van der Waals surface area contributed by atoms with Crippen molar-refractivity contribution in [3.05, 3.63) is 85.1 Å². The van der Waals surface area contributed by atoms with Gasteiger partial charge in [-0.25, -0.2) is 4.57 Å². The Morgan fingerprint density at radius 3 is 1.16 bits per heavy atom. The van der Waals surface area contributed by atoms with Gasteiger partial charge in [-0.3, -0.25) is 18.6 Å². The summed E-state index contributed by atoms with van der Waals surface area (Å²) in [7, 11) is 1.47. The Hall–Kier alpha value is -2.81. The minimum absolute atomic E-state index is 0.0279. The molecule has 0 radical (unpaired) electrons. The zero-order valence-electron chi connectivity index (χ0n) is 47.9. The number of hydrogen-bond donors (Lipinski definition) is 1. The molecule has 0 spiro atoms. The molecule has 422 valence electrons. The van der Waals surface area contributed by atoms with Crippen molar-refractivity contribution < 1.29 is 42.1 Å². The Kier molecular flexibility index (Phi) is 51.9. The fourth-order valence-corrected chi connectivity index (χ4v) is 8.81. The van der Waals surface area contributed by atoms with Gasteiger partial charge in [0.15, 0.2) is 6.10 Å². The molecule has 0 aliphatic carbocycles. The van der Waals surface area contributed by atoms with Crippen molar-refractivity contribution in [1.82, 2.24) is 0 Å². The molecule has 0 fully saturated rings. The first-order valence-electron chi connectivity index (χ1n) is 29.8. The number of phosphoric acid groups is 1. The molecule has 9 nitrogen and oxygen atoms in total. The number of phosphoric ester groups is 1. The number of ether oxygens (including phenoxy) is 2. The lowest BCUT2D eigenvalue weighted by Crippen LogP contribution is -2.37. The van der Waals surface area contributed by atoms with E-state index in [4.69, 9.17) is 18.5 Å². The third-order valence-electron chi connectivity index (χ3n) is 12.7. The van der Waals surface area contributed by atoms with Crippen LogP contribution >= 0.6 is 7.82 Å². The number of esters is 2. The van der Waals surface area contributed by atoms with Gasteiger partial charge in [0, 0.05) is 12.8 Å². The molecule has 0 saturated heterocycles.